The van der Waals surface area contributed by atoms with Crippen molar-refractivity contribution in [2.75, 3.05) is 13.6 Å². The zero-order valence-corrected chi connectivity index (χ0v) is 9.17. The van der Waals surface area contributed by atoms with E-state index in [1.807, 2.05) is 31.2 Å². The molecule has 2 unspecified atom stereocenters. The van der Waals surface area contributed by atoms with Crippen molar-refractivity contribution in [3.63, 3.8) is 0 Å². The summed E-state index contributed by atoms with van der Waals surface area (Å²) in [5, 5.41) is 2.56. The molecule has 78 valence electrons. The van der Waals surface area contributed by atoms with Crippen LogP contribution in [-0.4, -0.2) is 22.4 Å². The fourth-order valence-electron chi connectivity index (χ4n) is 1.27. The molecule has 0 aliphatic carbocycles. The Balaban J connectivity index is 2.87. The molecule has 0 aliphatic heterocycles. The van der Waals surface area contributed by atoms with E-state index in [4.69, 9.17) is 4.55 Å². The van der Waals surface area contributed by atoms with E-state index in [2.05, 4.69) is 5.32 Å². The maximum Gasteiger partial charge on any atom is 0.161 e. The summed E-state index contributed by atoms with van der Waals surface area (Å²) in [5.41, 5.74) is 2.05. The third-order valence-corrected chi connectivity index (χ3v) is 3.01. The average Bonchev–Trinajstić information content (AvgIpc) is 2.15. The highest BCUT2D eigenvalue weighted by atomic mass is 32.2. The van der Waals surface area contributed by atoms with Crippen LogP contribution in [0.3, 0.4) is 0 Å². The van der Waals surface area contributed by atoms with E-state index >= 15 is 0 Å². The minimum atomic E-state index is -1.82. The lowest BCUT2D eigenvalue weighted by atomic mass is 10.1. The minimum Gasteiger partial charge on any atom is -0.318 e. The third-order valence-electron chi connectivity index (χ3n) is 2.08. The van der Waals surface area contributed by atoms with Crippen LogP contribution in [0.15, 0.2) is 24.3 Å². The molecule has 1 rings (SSSR count). The molecule has 4 heteroatoms. The van der Waals surface area contributed by atoms with Gasteiger partial charge in [0.2, 0.25) is 0 Å². The summed E-state index contributed by atoms with van der Waals surface area (Å²) in [7, 11) is 1.77. The van der Waals surface area contributed by atoms with E-state index in [9.17, 15) is 4.21 Å². The fraction of sp³-hybridized carbons (Fsp3) is 0.400. The van der Waals surface area contributed by atoms with Gasteiger partial charge in [0.05, 0.1) is 5.25 Å². The molecule has 1 aromatic carbocycles. The van der Waals surface area contributed by atoms with Crippen LogP contribution in [0, 0.1) is 6.92 Å². The van der Waals surface area contributed by atoms with Gasteiger partial charge in [-0.15, -0.1) is 0 Å². The molecule has 14 heavy (non-hydrogen) atoms. The first-order valence-electron chi connectivity index (χ1n) is 4.46. The SMILES string of the molecule is CNCC(c1ccc(C)cc1)S(=O)O. The summed E-state index contributed by atoms with van der Waals surface area (Å²) in [6, 6.07) is 7.69. The topological polar surface area (TPSA) is 49.3 Å². The van der Waals surface area contributed by atoms with Crippen molar-refractivity contribution in [2.45, 2.75) is 12.2 Å². The van der Waals surface area contributed by atoms with Crippen molar-refractivity contribution in [3.8, 4) is 0 Å². The number of nitrogens with one attached hydrogen (secondary N) is 1. The Bertz CT molecular complexity index is 310. The monoisotopic (exact) mass is 213 g/mol. The Hall–Kier alpha value is -0.710. The van der Waals surface area contributed by atoms with Gasteiger partial charge in [-0.3, -0.25) is 0 Å². The van der Waals surface area contributed by atoms with Gasteiger partial charge in [0.1, 0.15) is 0 Å². The first kappa shape index (κ1) is 11.4. The quantitative estimate of drug-likeness (QED) is 0.745. The Morgan fingerprint density at radius 3 is 2.43 bits per heavy atom. The fourth-order valence-corrected chi connectivity index (χ4v) is 1.97. The molecule has 3 nitrogen and oxygen atoms in total. The number of aryl methyl sites for hydroxylation is 1. The molecular formula is C10H15NO2S. The second-order valence-corrected chi connectivity index (χ2v) is 4.35. The predicted octanol–water partition coefficient (Wildman–Crippen LogP) is 1.48. The van der Waals surface area contributed by atoms with Crippen molar-refractivity contribution >= 4 is 11.1 Å². The molecule has 0 spiro atoms. The summed E-state index contributed by atoms with van der Waals surface area (Å²) in [5.74, 6) is 0. The maximum atomic E-state index is 11.0. The molecule has 0 fully saturated rings. The van der Waals surface area contributed by atoms with E-state index in [0.29, 0.717) is 6.54 Å². The summed E-state index contributed by atoms with van der Waals surface area (Å²) < 4.78 is 20.1. The van der Waals surface area contributed by atoms with Gasteiger partial charge in [-0.2, -0.15) is 0 Å². The van der Waals surface area contributed by atoms with E-state index in [-0.39, 0.29) is 5.25 Å². The number of likely N-dealkylation sites (N-methyl/N-ethyl adjacent to an activating group) is 1. The largest absolute Gasteiger partial charge is 0.318 e. The molecule has 0 amide bonds. The van der Waals surface area contributed by atoms with Crippen molar-refractivity contribution in [3.05, 3.63) is 35.4 Å². The van der Waals surface area contributed by atoms with Crippen molar-refractivity contribution in [1.29, 1.82) is 0 Å². The lowest BCUT2D eigenvalue weighted by Crippen LogP contribution is -2.20. The number of rotatable bonds is 4. The van der Waals surface area contributed by atoms with Gasteiger partial charge in [-0.1, -0.05) is 29.8 Å². The summed E-state index contributed by atoms with van der Waals surface area (Å²) >= 11 is -1.82. The molecule has 0 aliphatic rings. The lowest BCUT2D eigenvalue weighted by molar-refractivity contribution is 0.545. The Morgan fingerprint density at radius 1 is 1.43 bits per heavy atom. The molecular weight excluding hydrogens is 198 g/mol. The van der Waals surface area contributed by atoms with Gasteiger partial charge in [-0.05, 0) is 19.5 Å². The van der Waals surface area contributed by atoms with Crippen LogP contribution < -0.4 is 5.32 Å². The molecule has 2 atom stereocenters. The zero-order chi connectivity index (χ0) is 10.6. The molecule has 0 saturated carbocycles. The van der Waals surface area contributed by atoms with Crippen LogP contribution in [0.4, 0.5) is 0 Å². The second kappa shape index (κ2) is 5.24. The van der Waals surface area contributed by atoms with Crippen molar-refractivity contribution < 1.29 is 8.76 Å². The molecule has 0 saturated heterocycles. The first-order chi connectivity index (χ1) is 6.65. The maximum absolute atomic E-state index is 11.0. The van der Waals surface area contributed by atoms with E-state index in [1.165, 1.54) is 0 Å². The number of hydrogen-bond donors (Lipinski definition) is 2. The molecule has 0 heterocycles. The van der Waals surface area contributed by atoms with E-state index in [0.717, 1.165) is 11.1 Å². The molecule has 0 aromatic heterocycles. The van der Waals surface area contributed by atoms with Crippen LogP contribution in [0.2, 0.25) is 0 Å². The van der Waals surface area contributed by atoms with Gasteiger partial charge in [0, 0.05) is 6.54 Å². The molecule has 1 aromatic rings. The van der Waals surface area contributed by atoms with Crippen LogP contribution in [0.1, 0.15) is 16.4 Å². The normalized spacial score (nSPS) is 15.1. The Labute approximate surface area is 86.8 Å². The highest BCUT2D eigenvalue weighted by Crippen LogP contribution is 2.18. The van der Waals surface area contributed by atoms with Crippen molar-refractivity contribution in [1.82, 2.24) is 5.32 Å². The Kier molecular flexibility index (Phi) is 4.25. The van der Waals surface area contributed by atoms with Crippen LogP contribution in [0.25, 0.3) is 0 Å². The Morgan fingerprint density at radius 2 is 2.00 bits per heavy atom. The highest BCUT2D eigenvalue weighted by molar-refractivity contribution is 7.79. The summed E-state index contributed by atoms with van der Waals surface area (Å²) in [4.78, 5) is 0. The van der Waals surface area contributed by atoms with Crippen molar-refractivity contribution in [2.24, 2.45) is 0 Å². The third kappa shape index (κ3) is 2.90. The van der Waals surface area contributed by atoms with Gasteiger partial charge in [-0.25, -0.2) is 4.21 Å². The summed E-state index contributed by atoms with van der Waals surface area (Å²) in [6.45, 7) is 2.50. The summed E-state index contributed by atoms with van der Waals surface area (Å²) in [6.07, 6.45) is 0. The standard InChI is InChI=1S/C10H15NO2S/c1-8-3-5-9(6-4-8)10(7-11-2)14(12)13/h3-6,10-11H,7H2,1-2H3,(H,12,13). The molecule has 2 N–H and O–H groups in total. The number of hydrogen-bond acceptors (Lipinski definition) is 2. The van der Waals surface area contributed by atoms with Crippen LogP contribution in [0.5, 0.6) is 0 Å². The van der Waals surface area contributed by atoms with Gasteiger partial charge < -0.3 is 9.87 Å². The lowest BCUT2D eigenvalue weighted by Gasteiger charge is -2.12. The average molecular weight is 213 g/mol. The predicted molar refractivity (Wildman–Crippen MR) is 58.6 cm³/mol. The van der Waals surface area contributed by atoms with E-state index in [1.54, 1.807) is 7.05 Å². The minimum absolute atomic E-state index is 0.347. The molecule has 0 radical (unpaired) electrons. The van der Waals surface area contributed by atoms with Gasteiger partial charge >= 0.3 is 0 Å². The van der Waals surface area contributed by atoms with Gasteiger partial charge in [0.15, 0.2) is 11.1 Å². The smallest absolute Gasteiger partial charge is 0.161 e. The molecule has 0 bridgehead atoms. The second-order valence-electron chi connectivity index (χ2n) is 3.23. The van der Waals surface area contributed by atoms with Crippen LogP contribution >= 0.6 is 0 Å². The zero-order valence-electron chi connectivity index (χ0n) is 8.36. The van der Waals surface area contributed by atoms with E-state index < -0.39 is 11.1 Å². The highest BCUT2D eigenvalue weighted by Gasteiger charge is 2.15. The number of benzene rings is 1. The van der Waals surface area contributed by atoms with Crippen LogP contribution in [-0.2, 0) is 11.1 Å². The van der Waals surface area contributed by atoms with Gasteiger partial charge in [0.25, 0.3) is 0 Å². The first-order valence-corrected chi connectivity index (χ1v) is 5.63.